The maximum atomic E-state index is 12.6. The van der Waals surface area contributed by atoms with E-state index in [0.717, 1.165) is 10.0 Å². The van der Waals surface area contributed by atoms with Gasteiger partial charge in [-0.15, -0.1) is 0 Å². The van der Waals surface area contributed by atoms with Gasteiger partial charge in [-0.2, -0.15) is 5.10 Å². The highest BCUT2D eigenvalue weighted by Gasteiger charge is 2.20. The molecule has 0 aliphatic carbocycles. The summed E-state index contributed by atoms with van der Waals surface area (Å²) in [6, 6.07) is 16.7. The van der Waals surface area contributed by atoms with E-state index in [1.165, 1.54) is 0 Å². The van der Waals surface area contributed by atoms with Gasteiger partial charge in [0.05, 0.1) is 12.2 Å². The Morgan fingerprint density at radius 3 is 2.42 bits per heavy atom. The lowest BCUT2D eigenvalue weighted by Gasteiger charge is -2.07. The van der Waals surface area contributed by atoms with Crippen molar-refractivity contribution < 1.29 is 8.42 Å². The second-order valence-corrected chi connectivity index (χ2v) is 7.94. The van der Waals surface area contributed by atoms with Crippen molar-refractivity contribution in [1.82, 2.24) is 9.78 Å². The number of rotatable bonds is 5. The van der Waals surface area contributed by atoms with Crippen LogP contribution >= 0.6 is 15.9 Å². The van der Waals surface area contributed by atoms with E-state index in [9.17, 15) is 8.42 Å². The molecule has 0 saturated carbocycles. The van der Waals surface area contributed by atoms with E-state index in [2.05, 4.69) is 25.8 Å². The zero-order valence-electron chi connectivity index (χ0n) is 13.0. The second-order valence-electron chi connectivity index (χ2n) is 5.37. The van der Waals surface area contributed by atoms with E-state index in [0.29, 0.717) is 17.9 Å². The Labute approximate surface area is 149 Å². The number of nitrogens with zero attached hydrogens (tertiary/aromatic N) is 2. The molecule has 0 unspecified atom stereocenters. The molecule has 0 spiro atoms. The highest BCUT2D eigenvalue weighted by molar-refractivity contribution is 9.10. The maximum absolute atomic E-state index is 12.6. The first-order valence-electron chi connectivity index (χ1n) is 7.30. The topological polar surface area (TPSA) is 64.0 Å². The highest BCUT2D eigenvalue weighted by atomic mass is 79.9. The normalized spacial score (nSPS) is 11.4. The van der Waals surface area contributed by atoms with Crippen molar-refractivity contribution in [2.75, 3.05) is 4.72 Å². The van der Waals surface area contributed by atoms with Gasteiger partial charge in [0.15, 0.2) is 0 Å². The zero-order valence-corrected chi connectivity index (χ0v) is 15.4. The molecule has 0 bridgehead atoms. The standard InChI is InChI=1S/C17H16BrN3O2S/c1-13-17(12-21(19-13)11-14-5-3-2-4-6-14)24(22,23)20-16-9-7-15(18)8-10-16/h2-10,12,20H,11H2,1H3. The quantitative estimate of drug-likeness (QED) is 0.701. The van der Waals surface area contributed by atoms with Crippen LogP contribution < -0.4 is 4.72 Å². The van der Waals surface area contributed by atoms with Gasteiger partial charge >= 0.3 is 0 Å². The summed E-state index contributed by atoms with van der Waals surface area (Å²) in [7, 11) is -3.68. The lowest BCUT2D eigenvalue weighted by Crippen LogP contribution is -2.13. The van der Waals surface area contributed by atoms with Crippen LogP contribution in [0.5, 0.6) is 0 Å². The molecular weight excluding hydrogens is 390 g/mol. The minimum absolute atomic E-state index is 0.182. The summed E-state index contributed by atoms with van der Waals surface area (Å²) in [5, 5.41) is 4.32. The molecule has 0 amide bonds. The minimum atomic E-state index is -3.68. The van der Waals surface area contributed by atoms with Gasteiger partial charge < -0.3 is 0 Å². The van der Waals surface area contributed by atoms with Crippen molar-refractivity contribution in [3.8, 4) is 0 Å². The Bertz CT molecular complexity index is 936. The Kier molecular flexibility index (Phi) is 4.73. The number of aromatic nitrogens is 2. The third kappa shape index (κ3) is 3.85. The van der Waals surface area contributed by atoms with Gasteiger partial charge in [0, 0.05) is 16.4 Å². The Hall–Kier alpha value is -2.12. The summed E-state index contributed by atoms with van der Waals surface area (Å²) >= 11 is 3.33. The van der Waals surface area contributed by atoms with E-state index in [1.54, 1.807) is 42.1 Å². The predicted octanol–water partition coefficient (Wildman–Crippen LogP) is 3.80. The van der Waals surface area contributed by atoms with E-state index >= 15 is 0 Å². The molecule has 1 aromatic heterocycles. The summed E-state index contributed by atoms with van der Waals surface area (Å²) < 4.78 is 30.3. The summed E-state index contributed by atoms with van der Waals surface area (Å²) in [5.74, 6) is 0. The third-order valence-electron chi connectivity index (χ3n) is 3.47. The summed E-state index contributed by atoms with van der Waals surface area (Å²) in [6.45, 7) is 2.22. The second kappa shape index (κ2) is 6.78. The lowest BCUT2D eigenvalue weighted by molar-refractivity contribution is 0.600. The zero-order chi connectivity index (χ0) is 17.2. The monoisotopic (exact) mass is 405 g/mol. The van der Waals surface area contributed by atoms with Crippen LogP contribution in [0.4, 0.5) is 5.69 Å². The van der Waals surface area contributed by atoms with Crippen molar-refractivity contribution in [1.29, 1.82) is 0 Å². The molecule has 1 N–H and O–H groups in total. The van der Waals surface area contributed by atoms with Crippen LogP contribution in [0.1, 0.15) is 11.3 Å². The molecule has 0 saturated heterocycles. The number of benzene rings is 2. The van der Waals surface area contributed by atoms with Crippen LogP contribution in [0.25, 0.3) is 0 Å². The molecule has 5 nitrogen and oxygen atoms in total. The van der Waals surface area contributed by atoms with E-state index < -0.39 is 10.0 Å². The summed E-state index contributed by atoms with van der Waals surface area (Å²) in [6.07, 6.45) is 1.56. The van der Waals surface area contributed by atoms with Crippen molar-refractivity contribution >= 4 is 31.6 Å². The van der Waals surface area contributed by atoms with Crippen LogP contribution in [-0.4, -0.2) is 18.2 Å². The Morgan fingerprint density at radius 1 is 1.08 bits per heavy atom. The van der Waals surface area contributed by atoms with Gasteiger partial charge in [0.2, 0.25) is 0 Å². The molecule has 3 rings (SSSR count). The maximum Gasteiger partial charge on any atom is 0.265 e. The number of aryl methyl sites for hydroxylation is 1. The predicted molar refractivity (Wildman–Crippen MR) is 97.5 cm³/mol. The fourth-order valence-corrected chi connectivity index (χ4v) is 3.85. The fourth-order valence-electron chi connectivity index (χ4n) is 2.34. The average molecular weight is 406 g/mol. The fraction of sp³-hybridized carbons (Fsp3) is 0.118. The molecular formula is C17H16BrN3O2S. The molecule has 0 fully saturated rings. The van der Waals surface area contributed by atoms with Gasteiger partial charge in [-0.1, -0.05) is 46.3 Å². The molecule has 7 heteroatoms. The Balaban J connectivity index is 1.84. The van der Waals surface area contributed by atoms with Crippen LogP contribution in [0.2, 0.25) is 0 Å². The molecule has 0 radical (unpaired) electrons. The van der Waals surface area contributed by atoms with Crippen LogP contribution in [0.15, 0.2) is 70.2 Å². The van der Waals surface area contributed by atoms with E-state index in [-0.39, 0.29) is 4.90 Å². The average Bonchev–Trinajstić information content (AvgIpc) is 2.92. The van der Waals surface area contributed by atoms with Crippen LogP contribution in [0.3, 0.4) is 0 Å². The van der Waals surface area contributed by atoms with Crippen molar-refractivity contribution in [2.45, 2.75) is 18.4 Å². The van der Waals surface area contributed by atoms with Gasteiger partial charge in [-0.3, -0.25) is 9.40 Å². The molecule has 124 valence electrons. The first kappa shape index (κ1) is 16.7. The van der Waals surface area contributed by atoms with Crippen molar-refractivity contribution in [3.05, 3.63) is 76.5 Å². The SMILES string of the molecule is Cc1nn(Cc2ccccc2)cc1S(=O)(=O)Nc1ccc(Br)cc1. The van der Waals surface area contributed by atoms with Crippen molar-refractivity contribution in [2.24, 2.45) is 0 Å². The number of anilines is 1. The first-order chi connectivity index (χ1) is 11.4. The first-order valence-corrected chi connectivity index (χ1v) is 9.58. The van der Waals surface area contributed by atoms with E-state index in [4.69, 9.17) is 0 Å². The van der Waals surface area contributed by atoms with Gasteiger partial charge in [0.25, 0.3) is 10.0 Å². The molecule has 0 aliphatic rings. The van der Waals surface area contributed by atoms with Crippen molar-refractivity contribution in [3.63, 3.8) is 0 Å². The molecule has 3 aromatic rings. The minimum Gasteiger partial charge on any atom is -0.280 e. The number of hydrogen-bond acceptors (Lipinski definition) is 3. The number of nitrogens with one attached hydrogen (secondary N) is 1. The Morgan fingerprint density at radius 2 is 1.75 bits per heavy atom. The lowest BCUT2D eigenvalue weighted by atomic mass is 10.2. The molecule has 0 aliphatic heterocycles. The highest BCUT2D eigenvalue weighted by Crippen LogP contribution is 2.20. The van der Waals surface area contributed by atoms with Gasteiger partial charge in [-0.05, 0) is 36.8 Å². The molecule has 0 atom stereocenters. The largest absolute Gasteiger partial charge is 0.280 e. The van der Waals surface area contributed by atoms with Crippen LogP contribution in [-0.2, 0) is 16.6 Å². The summed E-state index contributed by atoms with van der Waals surface area (Å²) in [4.78, 5) is 0.182. The van der Waals surface area contributed by atoms with Gasteiger partial charge in [0.1, 0.15) is 4.90 Å². The molecule has 2 aromatic carbocycles. The van der Waals surface area contributed by atoms with Crippen LogP contribution in [0, 0.1) is 6.92 Å². The number of hydrogen-bond donors (Lipinski definition) is 1. The smallest absolute Gasteiger partial charge is 0.265 e. The number of halogens is 1. The molecule has 1 heterocycles. The van der Waals surface area contributed by atoms with E-state index in [1.807, 2.05) is 30.3 Å². The molecule has 24 heavy (non-hydrogen) atoms. The van der Waals surface area contributed by atoms with Gasteiger partial charge in [-0.25, -0.2) is 8.42 Å². The third-order valence-corrected chi connectivity index (χ3v) is 5.49. The summed E-state index contributed by atoms with van der Waals surface area (Å²) in [5.41, 5.74) is 2.04. The number of sulfonamides is 1.